The normalized spacial score (nSPS) is 17.9. The zero-order valence-electron chi connectivity index (χ0n) is 11.6. The number of halogens is 1. The first kappa shape index (κ1) is 13.9. The van der Waals surface area contributed by atoms with Gasteiger partial charge >= 0.3 is 0 Å². The highest BCUT2D eigenvalue weighted by atomic mass is 127. The number of methoxy groups -OCH3 is 2. The van der Waals surface area contributed by atoms with Gasteiger partial charge < -0.3 is 13.9 Å². The Bertz CT molecular complexity index is 601. The van der Waals surface area contributed by atoms with Gasteiger partial charge in [-0.05, 0) is 66.1 Å². The maximum absolute atomic E-state index is 6.13. The molecule has 0 radical (unpaired) electrons. The molecule has 0 aliphatic heterocycles. The summed E-state index contributed by atoms with van der Waals surface area (Å²) in [5, 5.41) is 0. The van der Waals surface area contributed by atoms with E-state index in [4.69, 9.17) is 13.9 Å². The van der Waals surface area contributed by atoms with Crippen LogP contribution in [0.1, 0.15) is 30.3 Å². The molecule has 1 aromatic carbocycles. The zero-order chi connectivity index (χ0) is 14.1. The molecule has 0 amide bonds. The van der Waals surface area contributed by atoms with Crippen molar-refractivity contribution in [2.24, 2.45) is 0 Å². The molecule has 2 aromatic rings. The summed E-state index contributed by atoms with van der Waals surface area (Å²) in [5.74, 6) is 2.81. The van der Waals surface area contributed by atoms with Gasteiger partial charge in [-0.2, -0.15) is 0 Å². The minimum absolute atomic E-state index is 0.0965. The van der Waals surface area contributed by atoms with E-state index < -0.39 is 0 Å². The molecule has 1 aliphatic rings. The number of hydrogen-bond acceptors (Lipinski definition) is 3. The molecule has 0 saturated heterocycles. The van der Waals surface area contributed by atoms with Crippen LogP contribution >= 0.6 is 22.6 Å². The average Bonchev–Trinajstić information content (AvgIpc) is 2.85. The van der Waals surface area contributed by atoms with Crippen molar-refractivity contribution in [3.8, 4) is 17.1 Å². The van der Waals surface area contributed by atoms with E-state index >= 15 is 0 Å². The zero-order valence-corrected chi connectivity index (χ0v) is 13.8. The van der Waals surface area contributed by atoms with Gasteiger partial charge in [0.15, 0.2) is 0 Å². The molecule has 1 atom stereocenters. The van der Waals surface area contributed by atoms with Gasteiger partial charge in [-0.1, -0.05) is 0 Å². The Morgan fingerprint density at radius 1 is 1.20 bits per heavy atom. The number of benzene rings is 1. The van der Waals surface area contributed by atoms with Crippen LogP contribution in [0.4, 0.5) is 0 Å². The predicted molar refractivity (Wildman–Crippen MR) is 86.1 cm³/mol. The number of rotatable bonds is 3. The molecule has 1 heterocycles. The van der Waals surface area contributed by atoms with Crippen LogP contribution in [0.3, 0.4) is 0 Å². The Balaban J connectivity index is 2.03. The molecule has 0 spiro atoms. The highest BCUT2D eigenvalue weighted by Crippen LogP contribution is 2.41. The quantitative estimate of drug-likeness (QED) is 0.726. The van der Waals surface area contributed by atoms with Gasteiger partial charge in [0, 0.05) is 18.2 Å². The number of furan rings is 1. The lowest BCUT2D eigenvalue weighted by Crippen LogP contribution is -2.09. The molecule has 3 nitrogen and oxygen atoms in total. The van der Waals surface area contributed by atoms with Crippen molar-refractivity contribution in [2.45, 2.75) is 25.4 Å². The van der Waals surface area contributed by atoms with Gasteiger partial charge in [-0.3, -0.25) is 0 Å². The monoisotopic (exact) mass is 384 g/mol. The second-order valence-electron chi connectivity index (χ2n) is 4.93. The van der Waals surface area contributed by atoms with Crippen LogP contribution < -0.4 is 4.74 Å². The molecule has 106 valence electrons. The third-order valence-electron chi connectivity index (χ3n) is 3.80. The van der Waals surface area contributed by atoms with Crippen LogP contribution in [0.2, 0.25) is 0 Å². The fourth-order valence-corrected chi connectivity index (χ4v) is 3.66. The second kappa shape index (κ2) is 5.77. The van der Waals surface area contributed by atoms with E-state index in [2.05, 4.69) is 22.6 Å². The summed E-state index contributed by atoms with van der Waals surface area (Å²) in [4.78, 5) is 0. The Hall–Kier alpha value is -1.01. The minimum Gasteiger partial charge on any atom is -0.497 e. The summed E-state index contributed by atoms with van der Waals surface area (Å²) in [6.45, 7) is 0. The van der Waals surface area contributed by atoms with Crippen LogP contribution in [0.15, 0.2) is 28.7 Å². The van der Waals surface area contributed by atoms with Gasteiger partial charge in [0.2, 0.25) is 0 Å². The van der Waals surface area contributed by atoms with Crippen LogP contribution in [-0.4, -0.2) is 14.2 Å². The first-order valence-electron chi connectivity index (χ1n) is 6.73. The maximum atomic E-state index is 6.13. The van der Waals surface area contributed by atoms with Crippen LogP contribution in [0.5, 0.6) is 5.75 Å². The van der Waals surface area contributed by atoms with Crippen LogP contribution in [-0.2, 0) is 11.2 Å². The molecule has 1 aliphatic carbocycles. The van der Waals surface area contributed by atoms with Crippen molar-refractivity contribution in [1.82, 2.24) is 0 Å². The molecule has 0 bridgehead atoms. The summed E-state index contributed by atoms with van der Waals surface area (Å²) >= 11 is 2.39. The molecule has 1 aromatic heterocycles. The Labute approximate surface area is 132 Å². The average molecular weight is 384 g/mol. The fourth-order valence-electron chi connectivity index (χ4n) is 2.70. The van der Waals surface area contributed by atoms with E-state index in [1.54, 1.807) is 14.2 Å². The second-order valence-corrected chi connectivity index (χ2v) is 6.01. The summed E-state index contributed by atoms with van der Waals surface area (Å²) in [6.07, 6.45) is 3.37. The van der Waals surface area contributed by atoms with Crippen molar-refractivity contribution < 1.29 is 13.9 Å². The molecular weight excluding hydrogens is 367 g/mol. The van der Waals surface area contributed by atoms with Crippen molar-refractivity contribution in [2.75, 3.05) is 14.2 Å². The number of ether oxygens (including phenoxy) is 2. The standard InChI is InChI=1S/C16H17IO3/c1-18-11-8-6-10(7-9-11)15-14(17)12-4-3-5-13(19-2)16(12)20-15/h6-9,13H,3-5H2,1-2H3. The summed E-state index contributed by atoms with van der Waals surface area (Å²) in [5.41, 5.74) is 2.40. The minimum atomic E-state index is 0.0965. The van der Waals surface area contributed by atoms with E-state index in [1.807, 2.05) is 24.3 Å². The van der Waals surface area contributed by atoms with Crippen LogP contribution in [0.25, 0.3) is 11.3 Å². The lowest BCUT2D eigenvalue weighted by molar-refractivity contribution is 0.0691. The number of fused-ring (bicyclic) bond motifs is 1. The van der Waals surface area contributed by atoms with Gasteiger partial charge in [-0.25, -0.2) is 0 Å². The Kier molecular flexibility index (Phi) is 4.03. The molecule has 0 fully saturated rings. The number of hydrogen-bond donors (Lipinski definition) is 0. The topological polar surface area (TPSA) is 31.6 Å². The van der Waals surface area contributed by atoms with Gasteiger partial charge in [0.1, 0.15) is 23.4 Å². The van der Waals surface area contributed by atoms with E-state index in [0.29, 0.717) is 0 Å². The van der Waals surface area contributed by atoms with Crippen molar-refractivity contribution >= 4 is 22.6 Å². The van der Waals surface area contributed by atoms with Crippen molar-refractivity contribution in [3.63, 3.8) is 0 Å². The predicted octanol–water partition coefficient (Wildman–Crippen LogP) is 4.58. The van der Waals surface area contributed by atoms with E-state index in [1.165, 1.54) is 9.13 Å². The lowest BCUT2D eigenvalue weighted by atomic mass is 9.96. The first-order valence-corrected chi connectivity index (χ1v) is 7.80. The maximum Gasteiger partial charge on any atom is 0.148 e. The SMILES string of the molecule is COc1ccc(-c2oc3c(c2I)CCCC3OC)cc1. The molecule has 0 N–H and O–H groups in total. The highest BCUT2D eigenvalue weighted by molar-refractivity contribution is 14.1. The Morgan fingerprint density at radius 2 is 1.95 bits per heavy atom. The summed E-state index contributed by atoms with van der Waals surface area (Å²) in [6, 6.07) is 7.99. The largest absolute Gasteiger partial charge is 0.497 e. The summed E-state index contributed by atoms with van der Waals surface area (Å²) < 4.78 is 18.1. The van der Waals surface area contributed by atoms with Gasteiger partial charge in [0.25, 0.3) is 0 Å². The smallest absolute Gasteiger partial charge is 0.148 e. The van der Waals surface area contributed by atoms with Crippen LogP contribution in [0, 0.1) is 3.57 Å². The molecule has 4 heteroatoms. The third kappa shape index (κ3) is 2.35. The lowest BCUT2D eigenvalue weighted by Gasteiger charge is -2.19. The molecular formula is C16H17IO3. The van der Waals surface area contributed by atoms with Crippen molar-refractivity contribution in [1.29, 1.82) is 0 Å². The Morgan fingerprint density at radius 3 is 2.60 bits per heavy atom. The van der Waals surface area contributed by atoms with Gasteiger partial charge in [-0.15, -0.1) is 0 Å². The highest BCUT2D eigenvalue weighted by Gasteiger charge is 2.28. The fraction of sp³-hybridized carbons (Fsp3) is 0.375. The third-order valence-corrected chi connectivity index (χ3v) is 4.94. The summed E-state index contributed by atoms with van der Waals surface area (Å²) in [7, 11) is 3.43. The van der Waals surface area contributed by atoms with Gasteiger partial charge in [0.05, 0.1) is 10.7 Å². The molecule has 1 unspecified atom stereocenters. The molecule has 20 heavy (non-hydrogen) atoms. The van der Waals surface area contributed by atoms with E-state index in [0.717, 1.165) is 42.1 Å². The van der Waals surface area contributed by atoms with E-state index in [-0.39, 0.29) is 6.10 Å². The van der Waals surface area contributed by atoms with Crippen molar-refractivity contribution in [3.05, 3.63) is 39.2 Å². The first-order chi connectivity index (χ1) is 9.74. The van der Waals surface area contributed by atoms with E-state index in [9.17, 15) is 0 Å². The molecule has 3 rings (SSSR count). The molecule has 0 saturated carbocycles.